The fourth-order valence-electron chi connectivity index (χ4n) is 3.92. The first-order valence-corrected chi connectivity index (χ1v) is 12.1. The molecular weight excluding hydrogens is 416 g/mol. The molecule has 1 aliphatic heterocycles. The second kappa shape index (κ2) is 8.78. The van der Waals surface area contributed by atoms with Crippen molar-refractivity contribution in [3.8, 4) is 11.5 Å². The summed E-state index contributed by atoms with van der Waals surface area (Å²) in [7, 11) is -1.78. The molecule has 2 aromatic carbocycles. The Labute approximate surface area is 184 Å². The quantitative estimate of drug-likeness (QED) is 0.701. The molecule has 2 atom stereocenters. The van der Waals surface area contributed by atoms with E-state index in [4.69, 9.17) is 9.47 Å². The lowest BCUT2D eigenvalue weighted by molar-refractivity contribution is 0.0939. The van der Waals surface area contributed by atoms with Gasteiger partial charge < -0.3 is 14.8 Å². The highest BCUT2D eigenvalue weighted by molar-refractivity contribution is 7.92. The van der Waals surface area contributed by atoms with Gasteiger partial charge in [-0.3, -0.25) is 9.10 Å². The van der Waals surface area contributed by atoms with Crippen molar-refractivity contribution in [3.05, 3.63) is 53.1 Å². The van der Waals surface area contributed by atoms with Gasteiger partial charge in [0, 0.05) is 11.6 Å². The van der Waals surface area contributed by atoms with Gasteiger partial charge in [-0.05, 0) is 75.6 Å². The van der Waals surface area contributed by atoms with Gasteiger partial charge in [-0.15, -0.1) is 0 Å². The summed E-state index contributed by atoms with van der Waals surface area (Å²) in [4.78, 5) is 12.9. The highest BCUT2D eigenvalue weighted by Crippen LogP contribution is 2.35. The van der Waals surface area contributed by atoms with Crippen LogP contribution in [0.4, 0.5) is 5.69 Å². The molecule has 0 fully saturated rings. The van der Waals surface area contributed by atoms with E-state index in [0.717, 1.165) is 11.1 Å². The summed E-state index contributed by atoms with van der Waals surface area (Å²) in [6.07, 6.45) is 1.80. The zero-order chi connectivity index (χ0) is 22.9. The number of rotatable bonds is 7. The summed E-state index contributed by atoms with van der Waals surface area (Å²) < 4.78 is 36.8. The van der Waals surface area contributed by atoms with Crippen LogP contribution in [0.5, 0.6) is 11.5 Å². The number of anilines is 1. The van der Waals surface area contributed by atoms with Crippen molar-refractivity contribution in [1.29, 1.82) is 0 Å². The molecule has 2 unspecified atom stereocenters. The minimum Gasteiger partial charge on any atom is -0.493 e. The Bertz CT molecular complexity index is 1080. The fraction of sp³-hybridized carbons (Fsp3) is 0.435. The van der Waals surface area contributed by atoms with Crippen LogP contribution in [0.3, 0.4) is 0 Å². The lowest BCUT2D eigenvalue weighted by Gasteiger charge is -2.22. The average molecular weight is 447 g/mol. The number of sulfonamides is 1. The summed E-state index contributed by atoms with van der Waals surface area (Å²) in [5.74, 6) is 1.05. The third-order valence-corrected chi connectivity index (χ3v) is 6.52. The molecule has 168 valence electrons. The van der Waals surface area contributed by atoms with Crippen molar-refractivity contribution in [2.45, 2.75) is 52.3 Å². The molecule has 0 aromatic heterocycles. The van der Waals surface area contributed by atoms with E-state index >= 15 is 0 Å². The van der Waals surface area contributed by atoms with Crippen LogP contribution in [0.15, 0.2) is 36.4 Å². The van der Waals surface area contributed by atoms with Crippen molar-refractivity contribution in [2.24, 2.45) is 0 Å². The van der Waals surface area contributed by atoms with Crippen LogP contribution in [-0.4, -0.2) is 39.8 Å². The topological polar surface area (TPSA) is 84.9 Å². The molecule has 3 rings (SSSR count). The summed E-state index contributed by atoms with van der Waals surface area (Å²) in [5.41, 5.74) is 2.89. The predicted octanol–water partition coefficient (Wildman–Crippen LogP) is 3.68. The molecule has 0 spiro atoms. The van der Waals surface area contributed by atoms with Crippen molar-refractivity contribution in [3.63, 3.8) is 0 Å². The zero-order valence-electron chi connectivity index (χ0n) is 18.8. The van der Waals surface area contributed by atoms with Crippen LogP contribution in [0, 0.1) is 0 Å². The second-order valence-corrected chi connectivity index (χ2v) is 10.1. The van der Waals surface area contributed by atoms with E-state index in [-0.39, 0.29) is 24.1 Å². The third kappa shape index (κ3) is 4.95. The summed E-state index contributed by atoms with van der Waals surface area (Å²) in [6, 6.07) is 10.3. The van der Waals surface area contributed by atoms with Crippen LogP contribution in [0.25, 0.3) is 0 Å². The maximum absolute atomic E-state index is 12.9. The number of methoxy groups -OCH3 is 1. The van der Waals surface area contributed by atoms with Crippen molar-refractivity contribution in [2.75, 3.05) is 17.7 Å². The number of nitrogens with zero attached hydrogens (tertiary/aromatic N) is 1. The Morgan fingerprint density at radius 2 is 1.84 bits per heavy atom. The molecule has 1 N–H and O–H groups in total. The molecular formula is C23H30N2O5S. The van der Waals surface area contributed by atoms with Crippen LogP contribution < -0.4 is 19.1 Å². The molecule has 1 heterocycles. The molecule has 0 bridgehead atoms. The standard InChI is InChI=1S/C23H30N2O5S/c1-14(2)30-21-10-8-17(13-22(21)29-5)16(4)24-23(26)18-7-9-20-19(12-18)11-15(3)25(20)31(6,27)28/h7-10,12-16H,11H2,1-6H3,(H,24,26). The molecule has 1 amide bonds. The van der Waals surface area contributed by atoms with E-state index < -0.39 is 10.0 Å². The lowest BCUT2D eigenvalue weighted by atomic mass is 10.0. The number of fused-ring (bicyclic) bond motifs is 1. The maximum Gasteiger partial charge on any atom is 0.251 e. The Morgan fingerprint density at radius 3 is 2.45 bits per heavy atom. The summed E-state index contributed by atoms with van der Waals surface area (Å²) in [5, 5.41) is 3.00. The van der Waals surface area contributed by atoms with Crippen molar-refractivity contribution in [1.82, 2.24) is 5.32 Å². The summed E-state index contributed by atoms with van der Waals surface area (Å²) in [6.45, 7) is 7.66. The SMILES string of the molecule is COc1cc(C(C)NC(=O)c2ccc3c(c2)CC(C)N3S(C)(=O)=O)ccc1OC(C)C. The molecule has 0 aliphatic carbocycles. The number of ether oxygens (including phenoxy) is 2. The number of carbonyl (C=O) groups excluding carboxylic acids is 1. The van der Waals surface area contributed by atoms with Crippen LogP contribution in [-0.2, 0) is 16.4 Å². The van der Waals surface area contributed by atoms with Gasteiger partial charge in [-0.1, -0.05) is 6.07 Å². The molecule has 1 aliphatic rings. The Hall–Kier alpha value is -2.74. The van der Waals surface area contributed by atoms with Gasteiger partial charge in [-0.2, -0.15) is 0 Å². The number of hydrogen-bond donors (Lipinski definition) is 1. The molecule has 0 saturated carbocycles. The van der Waals surface area contributed by atoms with Gasteiger partial charge in [0.15, 0.2) is 11.5 Å². The van der Waals surface area contributed by atoms with Gasteiger partial charge in [0.05, 0.1) is 31.2 Å². The lowest BCUT2D eigenvalue weighted by Crippen LogP contribution is -2.34. The largest absolute Gasteiger partial charge is 0.493 e. The van der Waals surface area contributed by atoms with Crippen LogP contribution in [0.1, 0.15) is 55.2 Å². The van der Waals surface area contributed by atoms with Crippen molar-refractivity contribution >= 4 is 21.6 Å². The van der Waals surface area contributed by atoms with Gasteiger partial charge in [0.2, 0.25) is 10.0 Å². The molecule has 31 heavy (non-hydrogen) atoms. The van der Waals surface area contributed by atoms with E-state index in [1.165, 1.54) is 10.6 Å². The minimum atomic E-state index is -3.36. The normalized spacial score (nSPS) is 16.7. The van der Waals surface area contributed by atoms with E-state index in [2.05, 4.69) is 5.32 Å². The van der Waals surface area contributed by atoms with Crippen molar-refractivity contribution < 1.29 is 22.7 Å². The van der Waals surface area contributed by atoms with Gasteiger partial charge in [0.25, 0.3) is 5.91 Å². The van der Waals surface area contributed by atoms with E-state index in [9.17, 15) is 13.2 Å². The Morgan fingerprint density at radius 1 is 1.13 bits per heavy atom. The average Bonchev–Trinajstić information content (AvgIpc) is 3.02. The van der Waals surface area contributed by atoms with Crippen LogP contribution in [0.2, 0.25) is 0 Å². The zero-order valence-corrected chi connectivity index (χ0v) is 19.6. The number of benzene rings is 2. The van der Waals surface area contributed by atoms with Gasteiger partial charge >= 0.3 is 0 Å². The minimum absolute atomic E-state index is 0.0259. The molecule has 0 saturated heterocycles. The number of carbonyl (C=O) groups is 1. The first kappa shape index (κ1) is 22.9. The highest BCUT2D eigenvalue weighted by Gasteiger charge is 2.32. The molecule has 8 heteroatoms. The first-order chi connectivity index (χ1) is 14.5. The maximum atomic E-state index is 12.9. The Kier molecular flexibility index (Phi) is 6.50. The van der Waals surface area contributed by atoms with Gasteiger partial charge in [-0.25, -0.2) is 8.42 Å². The molecule has 7 nitrogen and oxygen atoms in total. The first-order valence-electron chi connectivity index (χ1n) is 10.3. The monoisotopic (exact) mass is 446 g/mol. The number of nitrogens with one attached hydrogen (secondary N) is 1. The van der Waals surface area contributed by atoms with E-state index in [1.54, 1.807) is 25.3 Å². The van der Waals surface area contributed by atoms with Crippen LogP contribution >= 0.6 is 0 Å². The van der Waals surface area contributed by atoms with E-state index in [1.807, 2.05) is 45.9 Å². The predicted molar refractivity (Wildman–Crippen MR) is 122 cm³/mol. The highest BCUT2D eigenvalue weighted by atomic mass is 32.2. The van der Waals surface area contributed by atoms with E-state index in [0.29, 0.717) is 29.2 Å². The molecule has 2 aromatic rings. The number of amides is 1. The number of hydrogen-bond acceptors (Lipinski definition) is 5. The Balaban J connectivity index is 1.77. The summed E-state index contributed by atoms with van der Waals surface area (Å²) >= 11 is 0. The van der Waals surface area contributed by atoms with Gasteiger partial charge in [0.1, 0.15) is 0 Å². The fourth-order valence-corrected chi connectivity index (χ4v) is 5.18. The molecule has 0 radical (unpaired) electrons. The smallest absolute Gasteiger partial charge is 0.251 e. The third-order valence-electron chi connectivity index (χ3n) is 5.25. The second-order valence-electron chi connectivity index (χ2n) is 8.23.